The van der Waals surface area contributed by atoms with Crippen molar-refractivity contribution in [3.63, 3.8) is 0 Å². The fourth-order valence-corrected chi connectivity index (χ4v) is 5.88. The van der Waals surface area contributed by atoms with Crippen molar-refractivity contribution in [2.75, 3.05) is 5.32 Å². The minimum absolute atomic E-state index is 0.186. The number of hydrogen-bond donors (Lipinski definition) is 2. The number of carbonyl (C=O) groups is 2. The molecule has 2 amide bonds. The van der Waals surface area contributed by atoms with E-state index in [9.17, 15) is 18.0 Å². The minimum Gasteiger partial charge on any atom is -0.307 e. The van der Waals surface area contributed by atoms with Crippen molar-refractivity contribution in [3.8, 4) is 11.1 Å². The Morgan fingerprint density at radius 2 is 1.59 bits per heavy atom. The fourth-order valence-electron chi connectivity index (χ4n) is 5.00. The highest BCUT2D eigenvalue weighted by atomic mass is 32.2. The number of nitrogens with zero attached hydrogens (tertiary/aromatic N) is 1. The zero-order valence-corrected chi connectivity index (χ0v) is 19.5. The monoisotopic (exact) mass is 475 g/mol. The lowest BCUT2D eigenvalue weighted by molar-refractivity contribution is 0.104. The summed E-state index contributed by atoms with van der Waals surface area (Å²) in [6, 6.07) is 10.4. The number of ketones is 1. The summed E-state index contributed by atoms with van der Waals surface area (Å²) >= 11 is 0. The van der Waals surface area contributed by atoms with Crippen molar-refractivity contribution in [3.05, 3.63) is 89.3 Å². The van der Waals surface area contributed by atoms with E-state index in [1.807, 2.05) is 6.07 Å². The van der Waals surface area contributed by atoms with E-state index in [0.29, 0.717) is 11.1 Å². The molecular weight excluding hydrogens is 450 g/mol. The van der Waals surface area contributed by atoms with Crippen LogP contribution in [0.2, 0.25) is 0 Å². The van der Waals surface area contributed by atoms with Crippen molar-refractivity contribution in [1.82, 2.24) is 8.69 Å². The highest BCUT2D eigenvalue weighted by Gasteiger charge is 2.27. The third kappa shape index (κ3) is 3.94. The summed E-state index contributed by atoms with van der Waals surface area (Å²) < 4.78 is 29.1. The van der Waals surface area contributed by atoms with Crippen LogP contribution in [0.1, 0.15) is 45.5 Å². The molecule has 0 atom stereocenters. The van der Waals surface area contributed by atoms with Gasteiger partial charge in [0.25, 0.3) is 0 Å². The van der Waals surface area contributed by atoms with Gasteiger partial charge in [-0.05, 0) is 72.4 Å². The predicted octanol–water partition coefficient (Wildman–Crippen LogP) is 4.42. The predicted molar refractivity (Wildman–Crippen MR) is 131 cm³/mol. The van der Waals surface area contributed by atoms with Crippen molar-refractivity contribution >= 4 is 27.7 Å². The number of hydrogen-bond acceptors (Lipinski definition) is 4. The quantitative estimate of drug-likeness (QED) is 0.407. The van der Waals surface area contributed by atoms with E-state index in [0.717, 1.165) is 65.4 Å². The number of rotatable bonds is 6. The Hall–Kier alpha value is -3.65. The molecule has 5 rings (SSSR count). The first-order valence-electron chi connectivity index (χ1n) is 11.3. The summed E-state index contributed by atoms with van der Waals surface area (Å²) in [6.45, 7) is 3.51. The van der Waals surface area contributed by atoms with Gasteiger partial charge in [0.2, 0.25) is 0 Å². The van der Waals surface area contributed by atoms with Crippen molar-refractivity contribution in [2.24, 2.45) is 0 Å². The van der Waals surface area contributed by atoms with Crippen LogP contribution < -0.4 is 10.0 Å². The molecule has 0 radical (unpaired) electrons. The van der Waals surface area contributed by atoms with Crippen LogP contribution in [0.15, 0.2) is 61.4 Å². The lowest BCUT2D eigenvalue weighted by Gasteiger charge is -2.16. The zero-order valence-electron chi connectivity index (χ0n) is 18.6. The Morgan fingerprint density at radius 3 is 2.21 bits per heavy atom. The molecule has 0 saturated heterocycles. The van der Waals surface area contributed by atoms with E-state index in [1.54, 1.807) is 24.3 Å². The molecule has 0 spiro atoms. The maximum absolute atomic E-state index is 13.1. The van der Waals surface area contributed by atoms with Gasteiger partial charge in [0, 0.05) is 29.2 Å². The summed E-state index contributed by atoms with van der Waals surface area (Å²) in [4.78, 5) is 25.3. The summed E-state index contributed by atoms with van der Waals surface area (Å²) in [7, 11) is -4.29. The van der Waals surface area contributed by atoms with Crippen LogP contribution in [0.3, 0.4) is 0 Å². The van der Waals surface area contributed by atoms with Crippen molar-refractivity contribution < 1.29 is 18.0 Å². The Kier molecular flexibility index (Phi) is 5.61. The van der Waals surface area contributed by atoms with Crippen molar-refractivity contribution in [1.29, 1.82) is 0 Å². The fraction of sp³-hybridized carbons (Fsp3) is 0.231. The van der Waals surface area contributed by atoms with E-state index in [2.05, 4.69) is 22.7 Å². The Morgan fingerprint density at radius 1 is 0.941 bits per heavy atom. The van der Waals surface area contributed by atoms with Crippen LogP contribution in [-0.4, -0.2) is 24.2 Å². The standard InChI is InChI=1S/C26H25N3O4S/c1-2-24(30)23-16-29(15-22(23)17-8-4-3-5-9-17)34(32,33)28-26(31)27-25-20-12-6-10-18(20)14-19-11-7-13-21(19)25/h2-5,8-9,14-16H,1,6-7,10-13H2,(H2,27,28,31). The van der Waals surface area contributed by atoms with E-state index < -0.39 is 22.0 Å². The molecule has 0 fully saturated rings. The number of fused-ring (bicyclic) bond motifs is 2. The largest absolute Gasteiger partial charge is 0.334 e. The topological polar surface area (TPSA) is 97.3 Å². The van der Waals surface area contributed by atoms with Gasteiger partial charge < -0.3 is 5.32 Å². The first-order chi connectivity index (χ1) is 16.4. The maximum atomic E-state index is 13.1. The second-order valence-corrected chi connectivity index (χ2v) is 10.2. The number of amides is 2. The first kappa shape index (κ1) is 22.2. The van der Waals surface area contributed by atoms with E-state index in [-0.39, 0.29) is 5.56 Å². The zero-order chi connectivity index (χ0) is 23.9. The molecule has 34 heavy (non-hydrogen) atoms. The average Bonchev–Trinajstić information content (AvgIpc) is 3.57. The van der Waals surface area contributed by atoms with E-state index in [4.69, 9.17) is 0 Å². The minimum atomic E-state index is -4.29. The van der Waals surface area contributed by atoms with Gasteiger partial charge in [-0.2, -0.15) is 8.42 Å². The molecule has 7 nitrogen and oxygen atoms in total. The molecule has 2 aliphatic rings. The van der Waals surface area contributed by atoms with Crippen LogP contribution >= 0.6 is 0 Å². The smallest absolute Gasteiger partial charge is 0.307 e. The summed E-state index contributed by atoms with van der Waals surface area (Å²) in [6.07, 6.45) is 9.42. The maximum Gasteiger partial charge on any atom is 0.334 e. The average molecular weight is 476 g/mol. The Labute approximate surface area is 198 Å². The molecule has 1 aromatic heterocycles. The highest BCUT2D eigenvalue weighted by Crippen LogP contribution is 2.38. The Balaban J connectivity index is 1.44. The van der Waals surface area contributed by atoms with Crippen molar-refractivity contribution in [2.45, 2.75) is 38.5 Å². The summed E-state index contributed by atoms with van der Waals surface area (Å²) in [5, 5.41) is 2.83. The van der Waals surface area contributed by atoms with Gasteiger partial charge in [-0.15, -0.1) is 0 Å². The molecule has 0 aliphatic heterocycles. The first-order valence-corrected chi connectivity index (χ1v) is 12.8. The van der Waals surface area contributed by atoms with Crippen LogP contribution in [0, 0.1) is 0 Å². The number of urea groups is 1. The van der Waals surface area contributed by atoms with E-state index >= 15 is 0 Å². The molecule has 174 valence electrons. The number of nitrogens with one attached hydrogen (secondary N) is 2. The number of anilines is 1. The molecule has 0 unspecified atom stereocenters. The molecule has 1 heterocycles. The molecule has 0 bridgehead atoms. The SMILES string of the molecule is C=CC(=O)c1cn(S(=O)(=O)NC(=O)Nc2c3c(cc4c2CCC4)CCC3)cc1-c1ccccc1. The molecule has 0 saturated carbocycles. The molecule has 3 aromatic rings. The third-order valence-electron chi connectivity index (χ3n) is 6.55. The summed E-state index contributed by atoms with van der Waals surface area (Å²) in [5.41, 5.74) is 6.77. The van der Waals surface area contributed by atoms with Gasteiger partial charge in [0.15, 0.2) is 5.78 Å². The summed E-state index contributed by atoms with van der Waals surface area (Å²) in [5.74, 6) is -0.410. The molecule has 2 N–H and O–H groups in total. The number of aromatic nitrogens is 1. The second-order valence-electron chi connectivity index (χ2n) is 8.65. The highest BCUT2D eigenvalue weighted by molar-refractivity contribution is 7.88. The van der Waals surface area contributed by atoms with Gasteiger partial charge in [-0.1, -0.05) is 43.0 Å². The van der Waals surface area contributed by atoms with E-state index in [1.165, 1.54) is 23.5 Å². The molecule has 8 heteroatoms. The van der Waals surface area contributed by atoms with Crippen LogP contribution in [-0.2, 0) is 35.9 Å². The normalized spacial score (nSPS) is 14.4. The number of carbonyl (C=O) groups excluding carboxylic acids is 2. The molecule has 2 aromatic carbocycles. The number of benzene rings is 2. The lowest BCUT2D eigenvalue weighted by atomic mass is 9.99. The number of aryl methyl sites for hydroxylation is 2. The number of allylic oxidation sites excluding steroid dienone is 1. The van der Waals surface area contributed by atoms with Crippen LogP contribution in [0.25, 0.3) is 11.1 Å². The van der Waals surface area contributed by atoms with Crippen LogP contribution in [0.4, 0.5) is 10.5 Å². The van der Waals surface area contributed by atoms with Crippen LogP contribution in [0.5, 0.6) is 0 Å². The van der Waals surface area contributed by atoms with Gasteiger partial charge in [-0.3, -0.25) is 4.79 Å². The second kappa shape index (κ2) is 8.61. The van der Waals surface area contributed by atoms with Gasteiger partial charge in [0.05, 0.1) is 0 Å². The Bertz CT molecular complexity index is 1390. The molecule has 2 aliphatic carbocycles. The third-order valence-corrected chi connectivity index (χ3v) is 7.76. The van der Waals surface area contributed by atoms with Gasteiger partial charge in [0.1, 0.15) is 0 Å². The lowest BCUT2D eigenvalue weighted by Crippen LogP contribution is -2.38. The van der Waals surface area contributed by atoms with Gasteiger partial charge in [-0.25, -0.2) is 13.5 Å². The van der Waals surface area contributed by atoms with Gasteiger partial charge >= 0.3 is 16.2 Å². The molecular formula is C26H25N3O4S.